The lowest BCUT2D eigenvalue weighted by Gasteiger charge is -1.88. The minimum Gasteiger partial charge on any atom is -0.478 e. The zero-order valence-electron chi connectivity index (χ0n) is 8.87. The van der Waals surface area contributed by atoms with Crippen molar-refractivity contribution in [1.29, 1.82) is 0 Å². The smallest absolute Gasteiger partial charge is 0.335 e. The second kappa shape index (κ2) is 6.26. The number of hydrogen-bond donors (Lipinski definition) is 1. The number of aromatic nitrogens is 2. The average Bonchev–Trinajstić information content (AvgIpc) is 2.32. The van der Waals surface area contributed by atoms with E-state index in [0.717, 1.165) is 0 Å². The second-order valence-corrected chi connectivity index (χ2v) is 2.51. The molecule has 15 heavy (non-hydrogen) atoms. The second-order valence-electron chi connectivity index (χ2n) is 2.51. The van der Waals surface area contributed by atoms with Crippen LogP contribution >= 0.6 is 0 Å². The molecule has 1 N–H and O–H groups in total. The average molecular weight is 203 g/mol. The normalized spacial score (nSPS) is 9.47. The van der Waals surface area contributed by atoms with Gasteiger partial charge in [0.1, 0.15) is 6.33 Å². The van der Waals surface area contributed by atoms with Crippen molar-refractivity contribution < 1.29 is 11.3 Å². The van der Waals surface area contributed by atoms with Crippen molar-refractivity contribution in [2.75, 3.05) is 0 Å². The highest BCUT2D eigenvalue weighted by atomic mass is 16.4. The molecule has 2 rings (SSSR count). The fraction of sp³-hybridized carbons (Fsp3) is 0. The zero-order chi connectivity index (χ0) is 11.8. The molecule has 1 aromatic carbocycles. The van der Waals surface area contributed by atoms with E-state index in [2.05, 4.69) is 9.97 Å². The van der Waals surface area contributed by atoms with Gasteiger partial charge in [0, 0.05) is 12.4 Å². The van der Waals surface area contributed by atoms with Crippen molar-refractivity contribution in [3.63, 3.8) is 0 Å². The Hall–Kier alpha value is -2.23. The molecule has 0 atom stereocenters. The molecule has 76 valence electrons. The highest BCUT2D eigenvalue weighted by Crippen LogP contribution is 1.96. The molecule has 0 bridgehead atoms. The summed E-state index contributed by atoms with van der Waals surface area (Å²) in [5.74, 6) is -0.879. The largest absolute Gasteiger partial charge is 0.478 e. The molecule has 4 nitrogen and oxygen atoms in total. The SMILES string of the molecule is O=C(O)c1ccccc1.[2H]c1ccncn1. The highest BCUT2D eigenvalue weighted by molar-refractivity contribution is 5.87. The van der Waals surface area contributed by atoms with Crippen molar-refractivity contribution in [1.82, 2.24) is 9.97 Å². The highest BCUT2D eigenvalue weighted by Gasteiger charge is 1.96. The van der Waals surface area contributed by atoms with Crippen LogP contribution in [0.2, 0.25) is 0 Å². The number of carboxylic acids is 1. The Morgan fingerprint density at radius 2 is 1.93 bits per heavy atom. The fourth-order valence-electron chi connectivity index (χ4n) is 0.805. The Kier molecular flexibility index (Phi) is 3.89. The van der Waals surface area contributed by atoms with Gasteiger partial charge >= 0.3 is 5.97 Å². The first-order valence-electron chi connectivity index (χ1n) is 4.71. The molecule has 0 saturated heterocycles. The molecule has 1 heterocycles. The lowest BCUT2D eigenvalue weighted by Crippen LogP contribution is -1.93. The molecule has 4 heteroatoms. The van der Waals surface area contributed by atoms with Crippen molar-refractivity contribution >= 4 is 5.97 Å². The maximum atomic E-state index is 10.2. The zero-order valence-corrected chi connectivity index (χ0v) is 7.87. The predicted molar refractivity (Wildman–Crippen MR) is 55.4 cm³/mol. The summed E-state index contributed by atoms with van der Waals surface area (Å²) in [5.41, 5.74) is 0.331. The maximum absolute atomic E-state index is 10.2. The molecule has 0 fully saturated rings. The van der Waals surface area contributed by atoms with Crippen molar-refractivity contribution in [2.45, 2.75) is 0 Å². The Bertz CT molecular complexity index is 434. The van der Waals surface area contributed by atoms with E-state index in [1.165, 1.54) is 18.6 Å². The Balaban J connectivity index is 0.000000165. The monoisotopic (exact) mass is 203 g/mol. The van der Waals surface area contributed by atoms with Gasteiger partial charge in [-0.3, -0.25) is 0 Å². The third kappa shape index (κ3) is 4.52. The standard InChI is InChI=1S/C7H6O2.C4H4N2/c8-7(9)6-4-2-1-3-5-6;1-2-5-4-6-3-1/h1-5H,(H,8,9);1-4H/i;2D. The summed E-state index contributed by atoms with van der Waals surface area (Å²) in [5, 5.41) is 8.38. The number of aromatic carboxylic acids is 1. The summed E-state index contributed by atoms with van der Waals surface area (Å²) in [6.07, 6.45) is 3.15. The van der Waals surface area contributed by atoms with E-state index >= 15 is 0 Å². The van der Waals surface area contributed by atoms with Gasteiger partial charge in [-0.2, -0.15) is 0 Å². The fourth-order valence-corrected chi connectivity index (χ4v) is 0.805. The van der Waals surface area contributed by atoms with Gasteiger partial charge in [-0.05, 0) is 18.2 Å². The molecule has 0 unspecified atom stereocenters. The molecule has 2 aromatic rings. The van der Waals surface area contributed by atoms with Crippen LogP contribution in [0.1, 0.15) is 11.7 Å². The van der Waals surface area contributed by atoms with E-state index < -0.39 is 5.97 Å². The van der Waals surface area contributed by atoms with Crippen LogP contribution in [0.5, 0.6) is 0 Å². The summed E-state index contributed by atoms with van der Waals surface area (Å²) < 4.78 is 6.84. The van der Waals surface area contributed by atoms with Crippen LogP contribution < -0.4 is 0 Å². The predicted octanol–water partition coefficient (Wildman–Crippen LogP) is 1.86. The van der Waals surface area contributed by atoms with Gasteiger partial charge in [0.15, 0.2) is 0 Å². The van der Waals surface area contributed by atoms with E-state index in [4.69, 9.17) is 6.48 Å². The Morgan fingerprint density at radius 3 is 2.27 bits per heavy atom. The Morgan fingerprint density at radius 1 is 1.20 bits per heavy atom. The summed E-state index contributed by atoms with van der Waals surface area (Å²) in [7, 11) is 0. The van der Waals surface area contributed by atoms with Crippen LogP contribution in [0.25, 0.3) is 0 Å². The quantitative estimate of drug-likeness (QED) is 0.768. The van der Waals surface area contributed by atoms with Crippen molar-refractivity contribution in [2.24, 2.45) is 0 Å². The van der Waals surface area contributed by atoms with E-state index in [0.29, 0.717) is 5.56 Å². The first kappa shape index (κ1) is 9.33. The number of hydrogen-bond acceptors (Lipinski definition) is 3. The van der Waals surface area contributed by atoms with E-state index in [-0.39, 0.29) is 6.17 Å². The third-order valence-corrected chi connectivity index (χ3v) is 1.45. The minimum atomic E-state index is -0.879. The number of nitrogens with zero attached hydrogens (tertiary/aromatic N) is 2. The van der Waals surface area contributed by atoms with Crippen LogP contribution in [0, 0.1) is 0 Å². The van der Waals surface area contributed by atoms with Crippen LogP contribution in [-0.2, 0) is 0 Å². The van der Waals surface area contributed by atoms with Crippen LogP contribution in [0.3, 0.4) is 0 Å². The Labute approximate surface area is 88.7 Å². The molecule has 0 radical (unpaired) electrons. The lowest BCUT2D eigenvalue weighted by atomic mass is 10.2. The molecule has 0 saturated carbocycles. The molecule has 0 amide bonds. The first-order valence-corrected chi connectivity index (χ1v) is 4.21. The van der Waals surface area contributed by atoms with E-state index in [9.17, 15) is 4.79 Å². The van der Waals surface area contributed by atoms with Crippen molar-refractivity contribution in [3.8, 4) is 0 Å². The molecular formula is C11H10N2O2. The van der Waals surface area contributed by atoms with Gasteiger partial charge in [-0.25, -0.2) is 14.8 Å². The topological polar surface area (TPSA) is 63.1 Å². The van der Waals surface area contributed by atoms with E-state index in [1.807, 2.05) is 0 Å². The maximum Gasteiger partial charge on any atom is 0.335 e. The van der Waals surface area contributed by atoms with Gasteiger partial charge in [0.05, 0.1) is 6.93 Å². The van der Waals surface area contributed by atoms with Gasteiger partial charge in [0.25, 0.3) is 0 Å². The molecule has 0 aliphatic heterocycles. The number of carbonyl (C=O) groups is 1. The van der Waals surface area contributed by atoms with Gasteiger partial charge in [-0.1, -0.05) is 18.2 Å². The summed E-state index contributed by atoms with van der Waals surface area (Å²) in [4.78, 5) is 17.4. The molecule has 1 aromatic heterocycles. The number of carboxylic acid groups (broad SMARTS) is 1. The lowest BCUT2D eigenvalue weighted by molar-refractivity contribution is 0.0697. The third-order valence-electron chi connectivity index (χ3n) is 1.45. The van der Waals surface area contributed by atoms with Gasteiger partial charge in [-0.15, -0.1) is 0 Å². The minimum absolute atomic E-state index is 0.259. The summed E-state index contributed by atoms with van der Waals surface area (Å²) >= 11 is 0. The van der Waals surface area contributed by atoms with Crippen molar-refractivity contribution in [3.05, 3.63) is 60.7 Å². The summed E-state index contributed by atoms with van der Waals surface area (Å²) in [6.45, 7) is 0. The van der Waals surface area contributed by atoms with Crippen LogP contribution in [-0.4, -0.2) is 21.0 Å². The number of benzene rings is 1. The van der Waals surface area contributed by atoms with E-state index in [1.54, 1.807) is 30.3 Å². The van der Waals surface area contributed by atoms with Crippen LogP contribution in [0.15, 0.2) is 55.1 Å². The summed E-state index contributed by atoms with van der Waals surface area (Å²) in [6, 6.07) is 9.82. The number of rotatable bonds is 1. The first-order chi connectivity index (χ1) is 7.70. The van der Waals surface area contributed by atoms with Gasteiger partial charge in [0.2, 0.25) is 0 Å². The molecule has 0 aliphatic rings. The molecule has 0 spiro atoms. The molecule has 0 aliphatic carbocycles. The van der Waals surface area contributed by atoms with Gasteiger partial charge < -0.3 is 5.11 Å². The van der Waals surface area contributed by atoms with Crippen LogP contribution in [0.4, 0.5) is 0 Å². The molecular weight excluding hydrogens is 192 g/mol.